The molecule has 0 aliphatic heterocycles. The molecule has 0 aliphatic rings. The van der Waals surface area contributed by atoms with Crippen molar-refractivity contribution in [1.29, 1.82) is 0 Å². The number of nitrogens with zero attached hydrogens (tertiary/aromatic N) is 3. The molecule has 0 radical (unpaired) electrons. The molecule has 1 heterocycles. The first-order valence-corrected chi connectivity index (χ1v) is 7.60. The molecular weight excluding hydrogens is 254 g/mol. The molecule has 1 rings (SSSR count). The number of hydrogen-bond donors (Lipinski definition) is 2. The second kappa shape index (κ2) is 6.60. The minimum Gasteiger partial charge on any atom is -0.330 e. The molecule has 0 saturated carbocycles. The molecule has 0 bridgehead atoms. The number of nitrogens with one attached hydrogen (secondary N) is 1. The number of sulfonamides is 1. The summed E-state index contributed by atoms with van der Waals surface area (Å²) >= 11 is 0. The second-order valence-corrected chi connectivity index (χ2v) is 5.64. The topological polar surface area (TPSA) is 111 Å². The van der Waals surface area contributed by atoms with E-state index in [2.05, 4.69) is 19.9 Å². The Morgan fingerprint density at radius 3 is 2.39 bits per heavy atom. The van der Waals surface area contributed by atoms with Crippen LogP contribution in [0.5, 0.6) is 0 Å². The lowest BCUT2D eigenvalue weighted by molar-refractivity contribution is 0.598. The fourth-order valence-corrected chi connectivity index (χ4v) is 2.46. The normalized spacial score (nSPS) is 11.5. The summed E-state index contributed by atoms with van der Waals surface area (Å²) < 4.78 is 25.6. The molecule has 0 unspecified atom stereocenters. The van der Waals surface area contributed by atoms with Crippen molar-refractivity contribution in [3.8, 4) is 0 Å². The van der Waals surface area contributed by atoms with Gasteiger partial charge in [-0.25, -0.2) is 18.1 Å². The zero-order chi connectivity index (χ0) is 13.6. The molecule has 1 aromatic heterocycles. The van der Waals surface area contributed by atoms with Gasteiger partial charge in [0.1, 0.15) is 0 Å². The van der Waals surface area contributed by atoms with Crippen molar-refractivity contribution in [2.75, 3.05) is 17.0 Å². The molecule has 102 valence electrons. The first-order valence-electron chi connectivity index (χ1n) is 5.95. The third-order valence-electron chi connectivity index (χ3n) is 2.37. The quantitative estimate of drug-likeness (QED) is 0.728. The Labute approximate surface area is 107 Å². The highest BCUT2D eigenvalue weighted by Crippen LogP contribution is 2.08. The van der Waals surface area contributed by atoms with Crippen LogP contribution in [0.1, 0.15) is 31.7 Å². The summed E-state index contributed by atoms with van der Waals surface area (Å²) in [6.07, 6.45) is 1.82. The zero-order valence-corrected chi connectivity index (χ0v) is 11.5. The van der Waals surface area contributed by atoms with Crippen molar-refractivity contribution in [3.63, 3.8) is 0 Å². The second-order valence-electron chi connectivity index (χ2n) is 3.80. The number of nitrogens with two attached hydrogens (primary N) is 1. The van der Waals surface area contributed by atoms with Gasteiger partial charge in [-0.1, -0.05) is 13.8 Å². The van der Waals surface area contributed by atoms with E-state index < -0.39 is 10.0 Å². The van der Waals surface area contributed by atoms with Crippen LogP contribution in [-0.4, -0.2) is 35.9 Å². The van der Waals surface area contributed by atoms with E-state index in [-0.39, 0.29) is 11.7 Å². The van der Waals surface area contributed by atoms with Crippen LogP contribution in [0.25, 0.3) is 0 Å². The average molecular weight is 273 g/mol. The highest BCUT2D eigenvalue weighted by atomic mass is 32.2. The van der Waals surface area contributed by atoms with E-state index in [0.29, 0.717) is 19.4 Å². The van der Waals surface area contributed by atoms with Crippen molar-refractivity contribution in [3.05, 3.63) is 11.4 Å². The Bertz CT molecular complexity index is 489. The first-order chi connectivity index (χ1) is 8.52. The van der Waals surface area contributed by atoms with Crippen LogP contribution in [0.2, 0.25) is 0 Å². The Balaban J connectivity index is 2.85. The highest BCUT2D eigenvalue weighted by Gasteiger charge is 2.13. The van der Waals surface area contributed by atoms with Gasteiger partial charge in [-0.2, -0.15) is 0 Å². The van der Waals surface area contributed by atoms with Crippen LogP contribution in [0.3, 0.4) is 0 Å². The van der Waals surface area contributed by atoms with Crippen LogP contribution in [0.4, 0.5) is 5.95 Å². The first kappa shape index (κ1) is 14.8. The fraction of sp³-hybridized carbons (Fsp3) is 0.700. The van der Waals surface area contributed by atoms with Gasteiger partial charge in [-0.05, 0) is 25.8 Å². The summed E-state index contributed by atoms with van der Waals surface area (Å²) in [5, 5.41) is 7.74. The van der Waals surface area contributed by atoms with Gasteiger partial charge >= 0.3 is 0 Å². The molecule has 0 amide bonds. The number of aromatic nitrogens is 3. The summed E-state index contributed by atoms with van der Waals surface area (Å²) in [4.78, 5) is 4.16. The minimum atomic E-state index is -3.44. The lowest BCUT2D eigenvalue weighted by Crippen LogP contribution is -2.21. The van der Waals surface area contributed by atoms with Crippen molar-refractivity contribution >= 4 is 16.0 Å². The minimum absolute atomic E-state index is 0.0288. The summed E-state index contributed by atoms with van der Waals surface area (Å²) in [5.41, 5.74) is 6.84. The van der Waals surface area contributed by atoms with Crippen molar-refractivity contribution < 1.29 is 8.42 Å². The molecule has 8 heteroatoms. The van der Waals surface area contributed by atoms with Gasteiger partial charge in [0, 0.05) is 0 Å². The molecule has 0 aliphatic carbocycles. The van der Waals surface area contributed by atoms with Crippen molar-refractivity contribution in [1.82, 2.24) is 15.2 Å². The molecule has 0 saturated heterocycles. The average Bonchev–Trinajstić information content (AvgIpc) is 2.35. The lowest BCUT2D eigenvalue weighted by atomic mass is 10.2. The molecule has 0 aromatic carbocycles. The van der Waals surface area contributed by atoms with Crippen LogP contribution < -0.4 is 10.5 Å². The van der Waals surface area contributed by atoms with Gasteiger partial charge < -0.3 is 5.73 Å². The van der Waals surface area contributed by atoms with E-state index >= 15 is 0 Å². The molecule has 0 spiro atoms. The summed E-state index contributed by atoms with van der Waals surface area (Å²) in [7, 11) is -3.44. The van der Waals surface area contributed by atoms with Gasteiger partial charge in [0.05, 0.1) is 17.1 Å². The molecular formula is C10H19N5O2S. The molecule has 3 N–H and O–H groups in total. The number of anilines is 1. The van der Waals surface area contributed by atoms with Crippen molar-refractivity contribution in [2.24, 2.45) is 5.73 Å². The van der Waals surface area contributed by atoms with Gasteiger partial charge in [-0.15, -0.1) is 10.2 Å². The van der Waals surface area contributed by atoms with E-state index in [1.807, 2.05) is 13.8 Å². The Morgan fingerprint density at radius 1 is 1.17 bits per heavy atom. The summed E-state index contributed by atoms with van der Waals surface area (Å²) in [6.45, 7) is 4.22. The largest absolute Gasteiger partial charge is 0.330 e. The fourth-order valence-electron chi connectivity index (χ4n) is 1.44. The highest BCUT2D eigenvalue weighted by molar-refractivity contribution is 7.92. The van der Waals surface area contributed by atoms with E-state index in [1.54, 1.807) is 0 Å². The van der Waals surface area contributed by atoms with Gasteiger partial charge in [0.15, 0.2) is 0 Å². The smallest absolute Gasteiger partial charge is 0.256 e. The lowest BCUT2D eigenvalue weighted by Gasteiger charge is -2.08. The molecule has 1 aromatic rings. The van der Waals surface area contributed by atoms with Crippen molar-refractivity contribution in [2.45, 2.75) is 33.1 Å². The predicted molar refractivity (Wildman–Crippen MR) is 69.7 cm³/mol. The van der Waals surface area contributed by atoms with E-state index in [4.69, 9.17) is 5.73 Å². The third-order valence-corrected chi connectivity index (χ3v) is 3.69. The molecule has 0 atom stereocenters. The maximum Gasteiger partial charge on any atom is 0.256 e. The number of rotatable bonds is 7. The van der Waals surface area contributed by atoms with Gasteiger partial charge in [0.2, 0.25) is 10.0 Å². The third kappa shape index (κ3) is 4.19. The zero-order valence-electron chi connectivity index (χ0n) is 10.7. The van der Waals surface area contributed by atoms with Gasteiger partial charge in [-0.3, -0.25) is 0 Å². The van der Waals surface area contributed by atoms with E-state index in [1.165, 1.54) is 0 Å². The summed E-state index contributed by atoms with van der Waals surface area (Å²) in [5.74, 6) is -0.00908. The number of hydrogen-bond acceptors (Lipinski definition) is 6. The van der Waals surface area contributed by atoms with Crippen LogP contribution in [-0.2, 0) is 22.9 Å². The Kier molecular flexibility index (Phi) is 5.42. The van der Waals surface area contributed by atoms with E-state index in [9.17, 15) is 8.42 Å². The SMILES string of the molecule is CCc1nnc(NS(=O)(=O)CCCN)nc1CC. The standard InChI is InChI=1S/C10H19N5O2S/c1-3-8-9(4-2)13-14-10(12-8)15-18(16,17)7-5-6-11/h3-7,11H2,1-2H3,(H,12,14,15). The predicted octanol–water partition coefficient (Wildman–Crippen LogP) is 0.0869. The molecule has 18 heavy (non-hydrogen) atoms. The van der Waals surface area contributed by atoms with Crippen LogP contribution in [0.15, 0.2) is 0 Å². The van der Waals surface area contributed by atoms with Crippen LogP contribution in [0, 0.1) is 0 Å². The number of aryl methyl sites for hydroxylation is 2. The Morgan fingerprint density at radius 2 is 1.83 bits per heavy atom. The maximum absolute atomic E-state index is 11.6. The monoisotopic (exact) mass is 273 g/mol. The van der Waals surface area contributed by atoms with E-state index in [0.717, 1.165) is 17.8 Å². The Hall–Kier alpha value is -1.28. The van der Waals surface area contributed by atoms with Gasteiger partial charge in [0.25, 0.3) is 5.95 Å². The maximum atomic E-state index is 11.6. The summed E-state index contributed by atoms with van der Waals surface area (Å²) in [6, 6.07) is 0. The molecule has 7 nitrogen and oxygen atoms in total. The van der Waals surface area contributed by atoms with Crippen LogP contribution >= 0.6 is 0 Å². The molecule has 0 fully saturated rings.